The second kappa shape index (κ2) is 4.96. The molecule has 0 aliphatic carbocycles. The van der Waals surface area contributed by atoms with E-state index in [4.69, 9.17) is 9.47 Å². The first-order valence-electron chi connectivity index (χ1n) is 6.85. The van der Waals surface area contributed by atoms with E-state index in [1.54, 1.807) is 0 Å². The second-order valence-corrected chi connectivity index (χ2v) is 5.04. The first kappa shape index (κ1) is 12.1. The summed E-state index contributed by atoms with van der Waals surface area (Å²) in [6, 6.07) is 12.2. The fourth-order valence-corrected chi connectivity index (χ4v) is 2.27. The molecule has 1 heterocycles. The molecule has 0 saturated heterocycles. The number of aryl methyl sites for hydroxylation is 2. The van der Waals surface area contributed by atoms with Gasteiger partial charge in [-0.05, 0) is 55.2 Å². The Labute approximate surface area is 114 Å². The van der Waals surface area contributed by atoms with Gasteiger partial charge in [-0.3, -0.25) is 0 Å². The number of unbranched alkanes of at least 4 members (excludes halogenated alkanes) is 1. The number of benzene rings is 2. The molecular formula is C17H18O2. The molecule has 0 N–H and O–H groups in total. The van der Waals surface area contributed by atoms with E-state index in [1.165, 1.54) is 24.0 Å². The van der Waals surface area contributed by atoms with E-state index < -0.39 is 0 Å². The van der Waals surface area contributed by atoms with Gasteiger partial charge in [0, 0.05) is 0 Å². The summed E-state index contributed by atoms with van der Waals surface area (Å²) in [5.41, 5.74) is 2.48. The first-order valence-corrected chi connectivity index (χ1v) is 6.85. The van der Waals surface area contributed by atoms with Crippen LogP contribution in [0.3, 0.4) is 0 Å². The summed E-state index contributed by atoms with van der Waals surface area (Å²) < 4.78 is 11.8. The van der Waals surface area contributed by atoms with Crippen LogP contribution in [-0.2, 0) is 6.42 Å². The van der Waals surface area contributed by atoms with Gasteiger partial charge in [0.25, 0.3) is 0 Å². The van der Waals surface area contributed by atoms with Gasteiger partial charge in [0.05, 0.1) is 0 Å². The molecule has 1 aliphatic heterocycles. The van der Waals surface area contributed by atoms with Gasteiger partial charge in [-0.25, -0.2) is 0 Å². The lowest BCUT2D eigenvalue weighted by molar-refractivity contribution is 0.359. The molecule has 0 spiro atoms. The summed E-state index contributed by atoms with van der Waals surface area (Å²) in [7, 11) is 0. The third-order valence-corrected chi connectivity index (χ3v) is 3.37. The van der Waals surface area contributed by atoms with Crippen molar-refractivity contribution >= 4 is 0 Å². The minimum Gasteiger partial charge on any atom is -0.450 e. The van der Waals surface area contributed by atoms with Crippen LogP contribution in [0, 0.1) is 6.92 Å². The van der Waals surface area contributed by atoms with Crippen molar-refractivity contribution in [3.8, 4) is 23.0 Å². The Morgan fingerprint density at radius 1 is 0.842 bits per heavy atom. The topological polar surface area (TPSA) is 18.5 Å². The number of fused-ring (bicyclic) bond motifs is 2. The van der Waals surface area contributed by atoms with Crippen molar-refractivity contribution in [2.75, 3.05) is 0 Å². The highest BCUT2D eigenvalue weighted by molar-refractivity contribution is 5.56. The minimum absolute atomic E-state index is 0.797. The molecule has 2 aromatic rings. The number of ether oxygens (including phenoxy) is 2. The van der Waals surface area contributed by atoms with Crippen LogP contribution < -0.4 is 9.47 Å². The Balaban J connectivity index is 1.89. The van der Waals surface area contributed by atoms with Crippen LogP contribution >= 0.6 is 0 Å². The van der Waals surface area contributed by atoms with Crippen LogP contribution in [0.5, 0.6) is 23.0 Å². The third-order valence-electron chi connectivity index (χ3n) is 3.37. The number of hydrogen-bond donors (Lipinski definition) is 0. The van der Waals surface area contributed by atoms with E-state index in [0.29, 0.717) is 0 Å². The van der Waals surface area contributed by atoms with Crippen LogP contribution in [0.2, 0.25) is 0 Å². The van der Waals surface area contributed by atoms with E-state index in [1.807, 2.05) is 31.2 Å². The molecular weight excluding hydrogens is 236 g/mol. The number of rotatable bonds is 3. The first-order chi connectivity index (χ1) is 9.26. The maximum atomic E-state index is 5.93. The lowest BCUT2D eigenvalue weighted by atomic mass is 10.1. The summed E-state index contributed by atoms with van der Waals surface area (Å²) >= 11 is 0. The van der Waals surface area contributed by atoms with Crippen LogP contribution in [0.4, 0.5) is 0 Å². The van der Waals surface area contributed by atoms with E-state index in [0.717, 1.165) is 29.4 Å². The van der Waals surface area contributed by atoms with Crippen molar-refractivity contribution in [3.63, 3.8) is 0 Å². The summed E-state index contributed by atoms with van der Waals surface area (Å²) in [6.07, 6.45) is 3.50. The van der Waals surface area contributed by atoms with Gasteiger partial charge in [-0.15, -0.1) is 0 Å². The maximum Gasteiger partial charge on any atom is 0.170 e. The molecule has 2 heteroatoms. The van der Waals surface area contributed by atoms with Crippen LogP contribution in [0.15, 0.2) is 36.4 Å². The van der Waals surface area contributed by atoms with Crippen molar-refractivity contribution in [3.05, 3.63) is 47.5 Å². The van der Waals surface area contributed by atoms with E-state index in [9.17, 15) is 0 Å². The lowest BCUT2D eigenvalue weighted by Gasteiger charge is -2.21. The van der Waals surface area contributed by atoms with Crippen molar-refractivity contribution in [2.24, 2.45) is 0 Å². The molecule has 19 heavy (non-hydrogen) atoms. The van der Waals surface area contributed by atoms with Crippen molar-refractivity contribution in [1.82, 2.24) is 0 Å². The maximum absolute atomic E-state index is 5.93. The van der Waals surface area contributed by atoms with Gasteiger partial charge < -0.3 is 9.47 Å². The van der Waals surface area contributed by atoms with Gasteiger partial charge in [-0.2, -0.15) is 0 Å². The fraction of sp³-hybridized carbons (Fsp3) is 0.294. The highest BCUT2D eigenvalue weighted by Crippen LogP contribution is 2.45. The zero-order valence-corrected chi connectivity index (χ0v) is 11.4. The van der Waals surface area contributed by atoms with Gasteiger partial charge >= 0.3 is 0 Å². The highest BCUT2D eigenvalue weighted by atomic mass is 16.6. The smallest absolute Gasteiger partial charge is 0.170 e. The molecule has 0 fully saturated rings. The number of hydrogen-bond acceptors (Lipinski definition) is 2. The summed E-state index contributed by atoms with van der Waals surface area (Å²) in [5.74, 6) is 3.22. The van der Waals surface area contributed by atoms with E-state index >= 15 is 0 Å². The molecule has 0 unspecified atom stereocenters. The van der Waals surface area contributed by atoms with Crippen molar-refractivity contribution in [1.29, 1.82) is 0 Å². The standard InChI is InChI=1S/C17H18O2/c1-3-4-5-13-7-9-15-17(11-13)19-14-8-6-12(2)10-16(14)18-15/h6-11H,3-5H2,1-2H3. The average Bonchev–Trinajstić information content (AvgIpc) is 2.42. The predicted molar refractivity (Wildman–Crippen MR) is 76.4 cm³/mol. The van der Waals surface area contributed by atoms with Crippen molar-refractivity contribution < 1.29 is 9.47 Å². The van der Waals surface area contributed by atoms with Gasteiger partial charge in [0.15, 0.2) is 23.0 Å². The van der Waals surface area contributed by atoms with Crippen LogP contribution in [0.1, 0.15) is 30.9 Å². The Kier molecular flexibility index (Phi) is 3.16. The normalized spacial score (nSPS) is 12.1. The molecule has 0 atom stereocenters. The lowest BCUT2D eigenvalue weighted by Crippen LogP contribution is -2.00. The SMILES string of the molecule is CCCCc1ccc2c(c1)Oc1ccc(C)cc1O2. The molecule has 3 rings (SSSR count). The zero-order chi connectivity index (χ0) is 13.2. The monoisotopic (exact) mass is 254 g/mol. The predicted octanol–water partition coefficient (Wildman–Crippen LogP) is 5.24. The zero-order valence-electron chi connectivity index (χ0n) is 11.4. The van der Waals surface area contributed by atoms with E-state index in [-0.39, 0.29) is 0 Å². The Bertz CT molecular complexity index is 602. The Hall–Kier alpha value is -1.96. The molecule has 1 aliphatic rings. The van der Waals surface area contributed by atoms with Crippen LogP contribution in [0.25, 0.3) is 0 Å². The summed E-state index contributed by atoms with van der Waals surface area (Å²) in [6.45, 7) is 4.25. The molecule has 0 aromatic heterocycles. The van der Waals surface area contributed by atoms with Gasteiger partial charge in [0.1, 0.15) is 0 Å². The fourth-order valence-electron chi connectivity index (χ4n) is 2.27. The average molecular weight is 254 g/mol. The van der Waals surface area contributed by atoms with Crippen molar-refractivity contribution in [2.45, 2.75) is 33.1 Å². The second-order valence-electron chi connectivity index (χ2n) is 5.04. The molecule has 98 valence electrons. The molecule has 2 aromatic carbocycles. The molecule has 2 nitrogen and oxygen atoms in total. The van der Waals surface area contributed by atoms with E-state index in [2.05, 4.69) is 19.1 Å². The third kappa shape index (κ3) is 2.43. The van der Waals surface area contributed by atoms with Gasteiger partial charge in [0.2, 0.25) is 0 Å². The molecule has 0 radical (unpaired) electrons. The molecule has 0 bridgehead atoms. The Morgan fingerprint density at radius 2 is 1.53 bits per heavy atom. The summed E-state index contributed by atoms with van der Waals surface area (Å²) in [4.78, 5) is 0. The Morgan fingerprint density at radius 3 is 2.26 bits per heavy atom. The quantitative estimate of drug-likeness (QED) is 0.636. The summed E-state index contributed by atoms with van der Waals surface area (Å²) in [5, 5.41) is 0. The minimum atomic E-state index is 0.797. The largest absolute Gasteiger partial charge is 0.450 e. The highest BCUT2D eigenvalue weighted by Gasteiger charge is 2.18. The molecule has 0 amide bonds. The van der Waals surface area contributed by atoms with Crippen LogP contribution in [-0.4, -0.2) is 0 Å². The molecule has 0 saturated carbocycles. The van der Waals surface area contributed by atoms with Gasteiger partial charge in [-0.1, -0.05) is 25.5 Å².